The standard InChI is InChI=1S/C6H5NO2.BF3.Li/c8-6(9)5-3-1-2-4-7-5;2-1(3)4;/h1-4H,(H,8,9);;/q;;+1/p-1. The van der Waals surface area contributed by atoms with Gasteiger partial charge in [0.25, 0.3) is 0 Å². The van der Waals surface area contributed by atoms with Crippen molar-refractivity contribution < 1.29 is 41.7 Å². The van der Waals surface area contributed by atoms with Gasteiger partial charge in [-0.1, -0.05) is 6.07 Å². The Morgan fingerprint density at radius 2 is 1.86 bits per heavy atom. The van der Waals surface area contributed by atoms with E-state index in [0.717, 1.165) is 0 Å². The summed E-state index contributed by atoms with van der Waals surface area (Å²) in [5, 5.41) is 10.0. The Labute approximate surface area is 90.7 Å². The number of pyridine rings is 1. The van der Waals surface area contributed by atoms with Gasteiger partial charge in [0, 0.05) is 6.20 Å². The zero-order valence-corrected chi connectivity index (χ0v) is 7.28. The molecule has 0 aliphatic heterocycles. The zero-order valence-electron chi connectivity index (χ0n) is 7.28. The largest absolute Gasteiger partial charge is 1.00 e. The Hall–Kier alpha value is -0.928. The van der Waals surface area contributed by atoms with E-state index < -0.39 is 13.5 Å². The van der Waals surface area contributed by atoms with Crippen molar-refractivity contribution in [3.8, 4) is 0 Å². The number of aromatic carboxylic acids is 1. The van der Waals surface area contributed by atoms with Gasteiger partial charge in [-0.2, -0.15) is 0 Å². The first-order valence-electron chi connectivity index (χ1n) is 3.08. The molecular formula is C6H4BF3LiNO2. The van der Waals surface area contributed by atoms with E-state index >= 15 is 0 Å². The van der Waals surface area contributed by atoms with Gasteiger partial charge in [-0.15, -0.1) is 0 Å². The molecule has 1 aromatic rings. The molecule has 0 aromatic carbocycles. The van der Waals surface area contributed by atoms with Crippen LogP contribution >= 0.6 is 0 Å². The molecule has 0 amide bonds. The smallest absolute Gasteiger partial charge is 0.543 e. The van der Waals surface area contributed by atoms with E-state index in [0.29, 0.717) is 0 Å². The van der Waals surface area contributed by atoms with Crippen molar-refractivity contribution in [3.05, 3.63) is 30.1 Å². The van der Waals surface area contributed by atoms with Crippen LogP contribution in [0, 0.1) is 0 Å². The van der Waals surface area contributed by atoms with Gasteiger partial charge in [0.15, 0.2) is 0 Å². The molecule has 0 bridgehead atoms. The van der Waals surface area contributed by atoms with Crippen molar-refractivity contribution in [1.29, 1.82) is 0 Å². The van der Waals surface area contributed by atoms with Crippen molar-refractivity contribution in [2.45, 2.75) is 0 Å². The average molecular weight is 197 g/mol. The van der Waals surface area contributed by atoms with Crippen LogP contribution in [-0.4, -0.2) is 18.5 Å². The van der Waals surface area contributed by atoms with Gasteiger partial charge in [0.2, 0.25) is 0 Å². The Kier molecular flexibility index (Phi) is 9.61. The topological polar surface area (TPSA) is 53.0 Å². The normalized spacial score (nSPS) is 7.64. The van der Waals surface area contributed by atoms with Gasteiger partial charge in [0.1, 0.15) is 0 Å². The van der Waals surface area contributed by atoms with E-state index in [4.69, 9.17) is 0 Å². The number of hydrogen-bond acceptors (Lipinski definition) is 3. The average Bonchev–Trinajstić information content (AvgIpc) is 2.05. The van der Waals surface area contributed by atoms with Crippen molar-refractivity contribution in [3.63, 3.8) is 0 Å². The van der Waals surface area contributed by atoms with Crippen molar-refractivity contribution in [2.24, 2.45) is 0 Å². The van der Waals surface area contributed by atoms with Crippen LogP contribution in [0.3, 0.4) is 0 Å². The van der Waals surface area contributed by atoms with Crippen LogP contribution in [0.2, 0.25) is 0 Å². The summed E-state index contributed by atoms with van der Waals surface area (Å²) in [7, 11) is -3.67. The summed E-state index contributed by atoms with van der Waals surface area (Å²) in [6, 6.07) is 4.62. The molecule has 0 saturated heterocycles. The summed E-state index contributed by atoms with van der Waals surface area (Å²) >= 11 is 0. The Balaban J connectivity index is 0. The number of hydrogen-bond donors (Lipinski definition) is 0. The van der Waals surface area contributed by atoms with Crippen molar-refractivity contribution >= 4 is 13.5 Å². The summed E-state index contributed by atoms with van der Waals surface area (Å²) in [5.74, 6) is -1.24. The third-order valence-corrected chi connectivity index (χ3v) is 0.874. The number of carbonyl (C=O) groups is 1. The molecule has 0 fully saturated rings. The van der Waals surface area contributed by atoms with E-state index in [-0.39, 0.29) is 24.6 Å². The molecule has 0 N–H and O–H groups in total. The molecule has 0 aliphatic carbocycles. The minimum absolute atomic E-state index is 0. The molecule has 8 heteroatoms. The second kappa shape index (κ2) is 8.66. The third kappa shape index (κ3) is 9.16. The summed E-state index contributed by atoms with van der Waals surface area (Å²) in [6.45, 7) is 0. The number of rotatable bonds is 1. The molecule has 1 aromatic heterocycles. The second-order valence-electron chi connectivity index (χ2n) is 1.75. The Bertz CT molecular complexity index is 260. The number of carboxylic acid groups (broad SMARTS) is 1. The van der Waals surface area contributed by atoms with Crippen LogP contribution in [0.1, 0.15) is 10.5 Å². The third-order valence-electron chi connectivity index (χ3n) is 0.874. The molecule has 0 saturated carbocycles. The predicted octanol–water partition coefficient (Wildman–Crippen LogP) is -2.67. The number of aromatic nitrogens is 1. The van der Waals surface area contributed by atoms with Gasteiger partial charge >= 0.3 is 26.4 Å². The van der Waals surface area contributed by atoms with Gasteiger partial charge in [-0.05, 0) is 12.1 Å². The molecule has 1 heterocycles. The van der Waals surface area contributed by atoms with Gasteiger partial charge in [-0.25, -0.2) is 0 Å². The molecule has 0 radical (unpaired) electrons. The summed E-state index contributed by atoms with van der Waals surface area (Å²) in [4.78, 5) is 13.5. The molecule has 0 atom stereocenters. The van der Waals surface area contributed by atoms with Crippen molar-refractivity contribution in [1.82, 2.24) is 4.98 Å². The second-order valence-corrected chi connectivity index (χ2v) is 1.75. The zero-order chi connectivity index (χ0) is 10.3. The van der Waals surface area contributed by atoms with Gasteiger partial charge in [-0.3, -0.25) is 17.9 Å². The minimum Gasteiger partial charge on any atom is -0.543 e. The van der Waals surface area contributed by atoms with Gasteiger partial charge < -0.3 is 9.90 Å². The molecule has 0 spiro atoms. The first-order chi connectivity index (χ1) is 6.04. The number of nitrogens with zero attached hydrogens (tertiary/aromatic N) is 1. The molecule has 0 unspecified atom stereocenters. The van der Waals surface area contributed by atoms with Crippen LogP contribution < -0.4 is 24.0 Å². The molecular weight excluding hydrogens is 193 g/mol. The minimum atomic E-state index is -3.67. The maximum absolute atomic E-state index is 10.0. The van der Waals surface area contributed by atoms with Crippen LogP contribution in [0.5, 0.6) is 0 Å². The SMILES string of the molecule is FB(F)F.O=C([O-])c1ccccn1.[Li+]. The van der Waals surface area contributed by atoms with Crippen LogP contribution in [-0.2, 0) is 0 Å². The van der Waals surface area contributed by atoms with E-state index in [1.165, 1.54) is 12.3 Å². The van der Waals surface area contributed by atoms with E-state index in [1.807, 2.05) is 0 Å². The molecule has 70 valence electrons. The Morgan fingerprint density at radius 3 is 2.07 bits per heavy atom. The molecule has 14 heavy (non-hydrogen) atoms. The number of halogens is 3. The first kappa shape index (κ1) is 15.5. The maximum atomic E-state index is 10.0. The van der Waals surface area contributed by atoms with Crippen molar-refractivity contribution in [2.75, 3.05) is 0 Å². The van der Waals surface area contributed by atoms with E-state index in [1.54, 1.807) is 12.1 Å². The quantitative estimate of drug-likeness (QED) is 0.461. The van der Waals surface area contributed by atoms with Gasteiger partial charge in [0.05, 0.1) is 11.7 Å². The van der Waals surface area contributed by atoms with Crippen LogP contribution in [0.25, 0.3) is 0 Å². The fraction of sp³-hybridized carbons (Fsp3) is 0. The van der Waals surface area contributed by atoms with E-state index in [9.17, 15) is 22.8 Å². The molecule has 3 nitrogen and oxygen atoms in total. The maximum Gasteiger partial charge on any atom is 1.00 e. The predicted molar refractivity (Wildman–Crippen MR) is 37.6 cm³/mol. The summed E-state index contributed by atoms with van der Waals surface area (Å²) in [5.41, 5.74) is -0.0301. The summed E-state index contributed by atoms with van der Waals surface area (Å²) in [6.07, 6.45) is 1.41. The number of carbonyl (C=O) groups excluding carboxylic acids is 1. The molecule has 1 rings (SSSR count). The monoisotopic (exact) mass is 197 g/mol. The van der Waals surface area contributed by atoms with Crippen LogP contribution in [0.15, 0.2) is 24.4 Å². The fourth-order valence-corrected chi connectivity index (χ4v) is 0.484. The summed E-state index contributed by atoms with van der Waals surface area (Å²) < 4.78 is 29.0. The Morgan fingerprint density at radius 1 is 1.36 bits per heavy atom. The molecule has 0 aliphatic rings. The van der Waals surface area contributed by atoms with Crippen LogP contribution in [0.4, 0.5) is 12.9 Å². The fourth-order valence-electron chi connectivity index (χ4n) is 0.484. The van der Waals surface area contributed by atoms with E-state index in [2.05, 4.69) is 4.98 Å². The first-order valence-corrected chi connectivity index (χ1v) is 3.08. The number of carboxylic acids is 1.